The first kappa shape index (κ1) is 16.0. The average molecular weight is 292 g/mol. The lowest BCUT2D eigenvalue weighted by atomic mass is 9.76. The molecule has 2 N–H and O–H groups in total. The highest BCUT2D eigenvalue weighted by Crippen LogP contribution is 2.31. The summed E-state index contributed by atoms with van der Waals surface area (Å²) >= 11 is 0. The van der Waals surface area contributed by atoms with Gasteiger partial charge in [0.05, 0.1) is 5.41 Å². The Morgan fingerprint density at radius 2 is 2.14 bits per heavy atom. The van der Waals surface area contributed by atoms with Crippen LogP contribution < -0.4 is 10.6 Å². The molecule has 1 saturated heterocycles. The standard InChI is InChI=1S/C17H25FN2O/c1-2-9-17(10-3-11-19-13-17)16(21)20-12-8-14-4-6-15(18)7-5-14/h4-7,19H,2-3,8-13H2,1H3,(H,20,21). The summed E-state index contributed by atoms with van der Waals surface area (Å²) in [7, 11) is 0. The van der Waals surface area contributed by atoms with Gasteiger partial charge in [-0.05, 0) is 49.9 Å². The number of rotatable bonds is 6. The fraction of sp³-hybridized carbons (Fsp3) is 0.588. The summed E-state index contributed by atoms with van der Waals surface area (Å²) in [4.78, 5) is 12.5. The minimum absolute atomic E-state index is 0.165. The van der Waals surface area contributed by atoms with Crippen molar-refractivity contribution < 1.29 is 9.18 Å². The van der Waals surface area contributed by atoms with Crippen molar-refractivity contribution in [1.82, 2.24) is 10.6 Å². The van der Waals surface area contributed by atoms with Gasteiger partial charge in [0.25, 0.3) is 0 Å². The zero-order valence-electron chi connectivity index (χ0n) is 12.8. The molecule has 1 aliphatic rings. The summed E-state index contributed by atoms with van der Waals surface area (Å²) in [5.41, 5.74) is 0.804. The molecule has 4 heteroatoms. The van der Waals surface area contributed by atoms with Gasteiger partial charge in [0.2, 0.25) is 5.91 Å². The summed E-state index contributed by atoms with van der Waals surface area (Å²) in [6, 6.07) is 6.46. The summed E-state index contributed by atoms with van der Waals surface area (Å²) in [5, 5.41) is 6.42. The summed E-state index contributed by atoms with van der Waals surface area (Å²) in [6.45, 7) is 4.52. The third kappa shape index (κ3) is 4.27. The molecule has 0 saturated carbocycles. The Hall–Kier alpha value is -1.42. The van der Waals surface area contributed by atoms with Crippen LogP contribution in [0.1, 0.15) is 38.2 Å². The van der Waals surface area contributed by atoms with Gasteiger partial charge in [-0.25, -0.2) is 4.39 Å². The van der Waals surface area contributed by atoms with E-state index >= 15 is 0 Å². The molecule has 1 aromatic rings. The van der Waals surface area contributed by atoms with Gasteiger partial charge in [0.15, 0.2) is 0 Å². The van der Waals surface area contributed by atoms with Crippen LogP contribution in [0.5, 0.6) is 0 Å². The highest BCUT2D eigenvalue weighted by atomic mass is 19.1. The number of benzene rings is 1. The van der Waals surface area contributed by atoms with Crippen molar-refractivity contribution in [3.63, 3.8) is 0 Å². The van der Waals surface area contributed by atoms with Crippen molar-refractivity contribution in [2.45, 2.75) is 39.0 Å². The monoisotopic (exact) mass is 292 g/mol. The van der Waals surface area contributed by atoms with E-state index in [2.05, 4.69) is 17.6 Å². The molecule has 1 aliphatic heterocycles. The summed E-state index contributed by atoms with van der Waals surface area (Å²) in [5.74, 6) is -0.0587. The minimum Gasteiger partial charge on any atom is -0.355 e. The topological polar surface area (TPSA) is 41.1 Å². The van der Waals surface area contributed by atoms with Crippen LogP contribution in [0.25, 0.3) is 0 Å². The molecule has 1 atom stereocenters. The number of hydrogen-bond donors (Lipinski definition) is 2. The van der Waals surface area contributed by atoms with Crippen molar-refractivity contribution in [3.8, 4) is 0 Å². The molecule has 3 nitrogen and oxygen atoms in total. The predicted octanol–water partition coefficient (Wildman–Crippen LogP) is 2.65. The van der Waals surface area contributed by atoms with Crippen molar-refractivity contribution in [2.75, 3.05) is 19.6 Å². The molecule has 2 rings (SSSR count). The van der Waals surface area contributed by atoms with E-state index in [0.717, 1.165) is 50.8 Å². The number of carbonyl (C=O) groups excluding carboxylic acids is 1. The van der Waals surface area contributed by atoms with Crippen molar-refractivity contribution >= 4 is 5.91 Å². The van der Waals surface area contributed by atoms with Gasteiger partial charge < -0.3 is 10.6 Å². The quantitative estimate of drug-likeness (QED) is 0.846. The normalized spacial score (nSPS) is 22.0. The molecule has 1 unspecified atom stereocenters. The van der Waals surface area contributed by atoms with Crippen LogP contribution in [-0.2, 0) is 11.2 Å². The molecule has 0 spiro atoms. The number of amides is 1. The predicted molar refractivity (Wildman–Crippen MR) is 82.6 cm³/mol. The maximum Gasteiger partial charge on any atom is 0.227 e. The van der Waals surface area contributed by atoms with Crippen LogP contribution in [0.3, 0.4) is 0 Å². The number of hydrogen-bond acceptors (Lipinski definition) is 2. The lowest BCUT2D eigenvalue weighted by molar-refractivity contribution is -0.132. The number of carbonyl (C=O) groups is 1. The van der Waals surface area contributed by atoms with E-state index in [0.29, 0.717) is 6.54 Å². The first-order valence-electron chi connectivity index (χ1n) is 7.90. The van der Waals surface area contributed by atoms with E-state index in [-0.39, 0.29) is 17.1 Å². The van der Waals surface area contributed by atoms with E-state index in [1.54, 1.807) is 12.1 Å². The van der Waals surface area contributed by atoms with Gasteiger partial charge in [-0.1, -0.05) is 25.5 Å². The molecule has 21 heavy (non-hydrogen) atoms. The van der Waals surface area contributed by atoms with Gasteiger partial charge in [-0.2, -0.15) is 0 Å². The van der Waals surface area contributed by atoms with E-state index in [4.69, 9.17) is 0 Å². The van der Waals surface area contributed by atoms with Gasteiger partial charge in [-0.3, -0.25) is 4.79 Å². The lowest BCUT2D eigenvalue weighted by Gasteiger charge is -2.36. The highest BCUT2D eigenvalue weighted by Gasteiger charge is 2.38. The number of halogens is 1. The van der Waals surface area contributed by atoms with Crippen LogP contribution >= 0.6 is 0 Å². The Bertz CT molecular complexity index is 447. The Labute approximate surface area is 126 Å². The Kier molecular flexibility index (Phi) is 5.74. The fourth-order valence-electron chi connectivity index (χ4n) is 3.13. The zero-order chi connectivity index (χ0) is 15.1. The van der Waals surface area contributed by atoms with Gasteiger partial charge in [0, 0.05) is 13.1 Å². The molecule has 0 bridgehead atoms. The fourth-order valence-corrected chi connectivity index (χ4v) is 3.13. The SMILES string of the molecule is CCCC1(C(=O)NCCc2ccc(F)cc2)CCCNC1. The summed E-state index contributed by atoms with van der Waals surface area (Å²) < 4.78 is 12.8. The molecule has 0 aromatic heterocycles. The van der Waals surface area contributed by atoms with Crippen LogP contribution in [0.2, 0.25) is 0 Å². The largest absolute Gasteiger partial charge is 0.355 e. The Morgan fingerprint density at radius 3 is 2.76 bits per heavy atom. The smallest absolute Gasteiger partial charge is 0.227 e. The molecule has 1 amide bonds. The molecule has 0 aliphatic carbocycles. The number of nitrogens with one attached hydrogen (secondary N) is 2. The zero-order valence-corrected chi connectivity index (χ0v) is 12.8. The maximum atomic E-state index is 12.8. The Balaban J connectivity index is 1.85. The van der Waals surface area contributed by atoms with Crippen LogP contribution in [0, 0.1) is 11.2 Å². The van der Waals surface area contributed by atoms with E-state index < -0.39 is 0 Å². The third-order valence-corrected chi connectivity index (χ3v) is 4.29. The Morgan fingerprint density at radius 1 is 1.38 bits per heavy atom. The molecule has 1 fully saturated rings. The van der Waals surface area contributed by atoms with Gasteiger partial charge in [0.1, 0.15) is 5.82 Å². The first-order chi connectivity index (χ1) is 10.2. The second-order valence-corrected chi connectivity index (χ2v) is 5.94. The molecule has 116 valence electrons. The second-order valence-electron chi connectivity index (χ2n) is 5.94. The van der Waals surface area contributed by atoms with Crippen LogP contribution in [0.4, 0.5) is 4.39 Å². The molecule has 0 radical (unpaired) electrons. The minimum atomic E-state index is -0.240. The summed E-state index contributed by atoms with van der Waals surface area (Å²) in [6.07, 6.45) is 4.72. The van der Waals surface area contributed by atoms with Crippen molar-refractivity contribution in [2.24, 2.45) is 5.41 Å². The highest BCUT2D eigenvalue weighted by molar-refractivity contribution is 5.83. The average Bonchev–Trinajstić information content (AvgIpc) is 2.50. The van der Waals surface area contributed by atoms with Crippen molar-refractivity contribution in [3.05, 3.63) is 35.6 Å². The van der Waals surface area contributed by atoms with E-state index in [1.165, 1.54) is 12.1 Å². The van der Waals surface area contributed by atoms with Crippen LogP contribution in [-0.4, -0.2) is 25.5 Å². The van der Waals surface area contributed by atoms with E-state index in [1.807, 2.05) is 0 Å². The third-order valence-electron chi connectivity index (χ3n) is 4.29. The van der Waals surface area contributed by atoms with Crippen molar-refractivity contribution in [1.29, 1.82) is 0 Å². The maximum absolute atomic E-state index is 12.8. The molecular formula is C17H25FN2O. The van der Waals surface area contributed by atoms with E-state index in [9.17, 15) is 9.18 Å². The first-order valence-corrected chi connectivity index (χ1v) is 7.90. The second kappa shape index (κ2) is 7.55. The van der Waals surface area contributed by atoms with Crippen LogP contribution in [0.15, 0.2) is 24.3 Å². The van der Waals surface area contributed by atoms with Gasteiger partial charge in [-0.15, -0.1) is 0 Å². The molecule has 1 heterocycles. The van der Waals surface area contributed by atoms with Gasteiger partial charge >= 0.3 is 0 Å². The molecular weight excluding hydrogens is 267 g/mol. The lowest BCUT2D eigenvalue weighted by Crippen LogP contribution is -2.50. The number of piperidine rings is 1. The molecule has 1 aromatic carbocycles.